The molecule has 0 aromatic rings. The highest BCUT2D eigenvalue weighted by Crippen LogP contribution is 2.27. The molecule has 2 nitrogen and oxygen atoms in total. The van der Waals surface area contributed by atoms with Gasteiger partial charge in [0.15, 0.2) is 0 Å². The van der Waals surface area contributed by atoms with Crippen molar-refractivity contribution in [1.82, 2.24) is 10.2 Å². The van der Waals surface area contributed by atoms with E-state index in [-0.39, 0.29) is 0 Å². The normalized spacial score (nSPS) is 31.5. The summed E-state index contributed by atoms with van der Waals surface area (Å²) >= 11 is 1.99. The van der Waals surface area contributed by atoms with Gasteiger partial charge in [-0.3, -0.25) is 4.90 Å². The van der Waals surface area contributed by atoms with Gasteiger partial charge in [0.2, 0.25) is 0 Å². The first-order valence-electron chi connectivity index (χ1n) is 7.63. The van der Waals surface area contributed by atoms with Gasteiger partial charge >= 0.3 is 0 Å². The molecule has 0 radical (unpaired) electrons. The lowest BCUT2D eigenvalue weighted by atomic mass is 9.86. The number of thioether (sulfide) groups is 1. The van der Waals surface area contributed by atoms with Crippen LogP contribution in [-0.4, -0.2) is 48.1 Å². The Morgan fingerprint density at radius 3 is 2.61 bits per heavy atom. The van der Waals surface area contributed by atoms with Gasteiger partial charge in [0.25, 0.3) is 0 Å². The number of rotatable bonds is 7. The fraction of sp³-hybridized carbons (Fsp3) is 1.00. The van der Waals surface area contributed by atoms with E-state index in [9.17, 15) is 0 Å². The van der Waals surface area contributed by atoms with Crippen molar-refractivity contribution in [2.45, 2.75) is 65.1 Å². The Bertz CT molecular complexity index is 223. The molecule has 0 aromatic heterocycles. The lowest BCUT2D eigenvalue weighted by molar-refractivity contribution is 0.0532. The molecule has 0 bridgehead atoms. The molecule has 1 fully saturated rings. The molecule has 3 heteroatoms. The molecule has 1 N–H and O–H groups in total. The van der Waals surface area contributed by atoms with Crippen LogP contribution in [0.25, 0.3) is 0 Å². The molecule has 108 valence electrons. The van der Waals surface area contributed by atoms with Crippen molar-refractivity contribution in [2.75, 3.05) is 25.1 Å². The van der Waals surface area contributed by atoms with Crippen LogP contribution in [0.15, 0.2) is 0 Å². The third-order valence-electron chi connectivity index (χ3n) is 4.57. The minimum Gasteiger partial charge on any atom is -0.314 e. The van der Waals surface area contributed by atoms with Gasteiger partial charge in [-0.1, -0.05) is 20.8 Å². The predicted molar refractivity (Wildman–Crippen MR) is 84.5 cm³/mol. The molecule has 1 aliphatic heterocycles. The molecule has 1 aliphatic rings. The zero-order chi connectivity index (χ0) is 13.5. The van der Waals surface area contributed by atoms with Crippen LogP contribution in [0.3, 0.4) is 0 Å². The van der Waals surface area contributed by atoms with Crippen LogP contribution in [-0.2, 0) is 0 Å². The van der Waals surface area contributed by atoms with E-state index in [1.807, 2.05) is 11.8 Å². The minimum absolute atomic E-state index is 0.713. The van der Waals surface area contributed by atoms with E-state index in [0.717, 1.165) is 18.0 Å². The van der Waals surface area contributed by atoms with E-state index < -0.39 is 0 Å². The average Bonchev–Trinajstić information content (AvgIpc) is 2.38. The highest BCUT2D eigenvalue weighted by molar-refractivity contribution is 7.98. The molecule has 1 rings (SSSR count). The van der Waals surface area contributed by atoms with Gasteiger partial charge in [-0.2, -0.15) is 11.8 Å². The van der Waals surface area contributed by atoms with Crippen LogP contribution in [0.2, 0.25) is 0 Å². The van der Waals surface area contributed by atoms with E-state index in [0.29, 0.717) is 6.04 Å². The quantitative estimate of drug-likeness (QED) is 0.766. The molecular formula is C15H32N2S. The average molecular weight is 273 g/mol. The number of piperidine rings is 1. The van der Waals surface area contributed by atoms with Gasteiger partial charge in [-0.25, -0.2) is 0 Å². The number of nitrogens with one attached hydrogen (secondary N) is 1. The summed E-state index contributed by atoms with van der Waals surface area (Å²) < 4.78 is 0. The molecular weight excluding hydrogens is 240 g/mol. The Morgan fingerprint density at radius 1 is 1.33 bits per heavy atom. The Labute approximate surface area is 118 Å². The highest BCUT2D eigenvalue weighted by atomic mass is 32.2. The Morgan fingerprint density at radius 2 is 2.06 bits per heavy atom. The van der Waals surface area contributed by atoms with Crippen LogP contribution in [0.1, 0.15) is 47.0 Å². The van der Waals surface area contributed by atoms with Crippen molar-refractivity contribution in [3.8, 4) is 0 Å². The first-order valence-corrected chi connectivity index (χ1v) is 9.03. The molecule has 0 spiro atoms. The van der Waals surface area contributed by atoms with Gasteiger partial charge < -0.3 is 5.32 Å². The van der Waals surface area contributed by atoms with Crippen molar-refractivity contribution in [1.29, 1.82) is 0 Å². The summed E-state index contributed by atoms with van der Waals surface area (Å²) in [6, 6.07) is 2.21. The third-order valence-corrected chi connectivity index (χ3v) is 5.29. The molecule has 18 heavy (non-hydrogen) atoms. The molecule has 1 heterocycles. The third kappa shape index (κ3) is 4.14. The van der Waals surface area contributed by atoms with Crippen LogP contribution < -0.4 is 5.32 Å². The topological polar surface area (TPSA) is 15.3 Å². The molecule has 0 aliphatic carbocycles. The first kappa shape index (κ1) is 16.3. The summed E-state index contributed by atoms with van der Waals surface area (Å²) in [5.41, 5.74) is 0. The molecule has 1 saturated heterocycles. The molecule has 4 unspecified atom stereocenters. The summed E-state index contributed by atoms with van der Waals surface area (Å²) in [6.07, 6.45) is 6.07. The smallest absolute Gasteiger partial charge is 0.0186 e. The Hall–Kier alpha value is 0.270. The van der Waals surface area contributed by atoms with Crippen molar-refractivity contribution in [2.24, 2.45) is 5.92 Å². The van der Waals surface area contributed by atoms with E-state index in [4.69, 9.17) is 0 Å². The summed E-state index contributed by atoms with van der Waals surface area (Å²) in [5.74, 6) is 2.04. The molecule has 0 amide bonds. The maximum atomic E-state index is 3.73. The Kier molecular flexibility index (Phi) is 7.66. The lowest BCUT2D eigenvalue weighted by Gasteiger charge is -2.46. The number of likely N-dealkylation sites (tertiary alicyclic amines) is 1. The zero-order valence-corrected chi connectivity index (χ0v) is 13.7. The monoisotopic (exact) mass is 272 g/mol. The standard InChI is InChI=1S/C15H32N2S/c1-6-9-16-15-8-10-17(13(4)12(15)3)14(7-2)11-18-5/h12-16H,6-11H2,1-5H3. The van der Waals surface area contributed by atoms with Crippen LogP contribution >= 0.6 is 11.8 Å². The fourth-order valence-electron chi connectivity index (χ4n) is 3.17. The van der Waals surface area contributed by atoms with E-state index in [1.165, 1.54) is 38.1 Å². The van der Waals surface area contributed by atoms with E-state index >= 15 is 0 Å². The van der Waals surface area contributed by atoms with Crippen molar-refractivity contribution >= 4 is 11.8 Å². The van der Waals surface area contributed by atoms with Gasteiger partial charge in [0.1, 0.15) is 0 Å². The van der Waals surface area contributed by atoms with Crippen LogP contribution in [0.5, 0.6) is 0 Å². The van der Waals surface area contributed by atoms with Crippen LogP contribution in [0.4, 0.5) is 0 Å². The van der Waals surface area contributed by atoms with Gasteiger partial charge in [0, 0.05) is 30.4 Å². The second-order valence-electron chi connectivity index (χ2n) is 5.70. The number of hydrogen-bond acceptors (Lipinski definition) is 3. The summed E-state index contributed by atoms with van der Waals surface area (Å²) in [5, 5.41) is 3.73. The van der Waals surface area contributed by atoms with Gasteiger partial charge in [-0.05, 0) is 44.9 Å². The SMILES string of the molecule is CCCNC1CCN(C(CC)CSC)C(C)C1C. The zero-order valence-electron chi connectivity index (χ0n) is 12.9. The largest absolute Gasteiger partial charge is 0.314 e. The summed E-state index contributed by atoms with van der Waals surface area (Å²) in [7, 11) is 0. The molecule has 0 aromatic carbocycles. The Balaban J connectivity index is 2.55. The maximum Gasteiger partial charge on any atom is 0.0186 e. The van der Waals surface area contributed by atoms with E-state index in [1.54, 1.807) is 0 Å². The highest BCUT2D eigenvalue weighted by Gasteiger charge is 2.34. The van der Waals surface area contributed by atoms with Crippen molar-refractivity contribution in [3.63, 3.8) is 0 Å². The minimum atomic E-state index is 0.713. The summed E-state index contributed by atoms with van der Waals surface area (Å²) in [4.78, 5) is 2.76. The molecule has 4 atom stereocenters. The number of nitrogens with zero attached hydrogens (tertiary/aromatic N) is 1. The van der Waals surface area contributed by atoms with Crippen molar-refractivity contribution < 1.29 is 0 Å². The second-order valence-corrected chi connectivity index (χ2v) is 6.61. The first-order chi connectivity index (χ1) is 8.65. The lowest BCUT2D eigenvalue weighted by Crippen LogP contribution is -2.56. The van der Waals surface area contributed by atoms with E-state index in [2.05, 4.69) is 44.2 Å². The maximum absolute atomic E-state index is 3.73. The molecule has 0 saturated carbocycles. The van der Waals surface area contributed by atoms with Gasteiger partial charge in [-0.15, -0.1) is 0 Å². The number of hydrogen-bond donors (Lipinski definition) is 1. The van der Waals surface area contributed by atoms with Crippen molar-refractivity contribution in [3.05, 3.63) is 0 Å². The summed E-state index contributed by atoms with van der Waals surface area (Å²) in [6.45, 7) is 11.9. The fourth-order valence-corrected chi connectivity index (χ4v) is 3.98. The second kappa shape index (κ2) is 8.44. The predicted octanol–water partition coefficient (Wildman–Crippen LogP) is 3.23. The van der Waals surface area contributed by atoms with Gasteiger partial charge in [0.05, 0.1) is 0 Å². The van der Waals surface area contributed by atoms with Crippen LogP contribution in [0, 0.1) is 5.92 Å².